The summed E-state index contributed by atoms with van der Waals surface area (Å²) in [6, 6.07) is 6.32. The van der Waals surface area contributed by atoms with Gasteiger partial charge in [-0.05, 0) is 61.0 Å². The first-order chi connectivity index (χ1) is 14.5. The van der Waals surface area contributed by atoms with Crippen molar-refractivity contribution in [3.05, 3.63) is 80.4 Å². The zero-order valence-corrected chi connectivity index (χ0v) is 18.7. The average molecular weight is 496 g/mol. The number of halogens is 3. The monoisotopic (exact) mass is 495 g/mol. The van der Waals surface area contributed by atoms with Gasteiger partial charge in [0.1, 0.15) is 34.1 Å². The molecule has 0 N–H and O–H groups in total. The highest BCUT2D eigenvalue weighted by Gasteiger charge is 2.19. The lowest BCUT2D eigenvalue weighted by Crippen LogP contribution is -2.27. The molecule has 0 amide bonds. The third-order valence-electron chi connectivity index (χ3n) is 4.03. The van der Waals surface area contributed by atoms with Crippen molar-refractivity contribution in [1.29, 1.82) is 0 Å². The Hall–Kier alpha value is -3.01. The summed E-state index contributed by atoms with van der Waals surface area (Å²) in [5.41, 5.74) is -0.423. The molecule has 0 aliphatic rings. The lowest BCUT2D eigenvalue weighted by Gasteiger charge is -2.18. The van der Waals surface area contributed by atoms with Gasteiger partial charge in [-0.15, -0.1) is 0 Å². The molecule has 0 unspecified atom stereocenters. The summed E-state index contributed by atoms with van der Waals surface area (Å²) in [4.78, 5) is 24.7. The van der Waals surface area contributed by atoms with Crippen LogP contribution in [-0.2, 0) is 17.9 Å². The Morgan fingerprint density at radius 3 is 2.58 bits per heavy atom. The van der Waals surface area contributed by atoms with Crippen LogP contribution in [0.4, 0.5) is 13.6 Å². The Labute approximate surface area is 185 Å². The van der Waals surface area contributed by atoms with Crippen molar-refractivity contribution in [1.82, 2.24) is 14.3 Å². The highest BCUT2D eigenvalue weighted by atomic mass is 79.9. The number of carbonyl (C=O) groups is 1. The minimum atomic E-state index is -0.731. The summed E-state index contributed by atoms with van der Waals surface area (Å²) >= 11 is 3.20. The molecule has 10 heteroatoms. The largest absolute Gasteiger partial charge is 0.487 e. The van der Waals surface area contributed by atoms with E-state index in [2.05, 4.69) is 21.0 Å². The number of benzene rings is 1. The van der Waals surface area contributed by atoms with E-state index in [0.717, 1.165) is 16.8 Å². The first kappa shape index (κ1) is 22.7. The first-order valence-corrected chi connectivity index (χ1v) is 10.1. The van der Waals surface area contributed by atoms with Crippen LogP contribution in [0.15, 0.2) is 52.0 Å². The molecule has 2 heterocycles. The van der Waals surface area contributed by atoms with Crippen molar-refractivity contribution in [3.63, 3.8) is 0 Å². The number of carbonyl (C=O) groups excluding carboxylic acids is 1. The predicted molar refractivity (Wildman–Crippen MR) is 112 cm³/mol. The second kappa shape index (κ2) is 9.01. The number of aromatic nitrogens is 3. The highest BCUT2D eigenvalue weighted by molar-refractivity contribution is 9.10. The molecular formula is C21H20BrF2N3O4. The van der Waals surface area contributed by atoms with E-state index in [0.29, 0.717) is 5.69 Å². The van der Waals surface area contributed by atoms with Crippen LogP contribution in [-0.4, -0.2) is 26.0 Å². The Bertz CT molecular complexity index is 1170. The molecule has 3 aromatic rings. The maximum atomic E-state index is 13.7. The van der Waals surface area contributed by atoms with Gasteiger partial charge in [0, 0.05) is 24.0 Å². The molecular weight excluding hydrogens is 476 g/mol. The van der Waals surface area contributed by atoms with Crippen LogP contribution < -0.4 is 10.3 Å². The molecule has 7 nitrogen and oxygen atoms in total. The van der Waals surface area contributed by atoms with Gasteiger partial charge >= 0.3 is 6.09 Å². The Kier molecular flexibility index (Phi) is 6.59. The minimum absolute atomic E-state index is 0.111. The number of hydrogen-bond donors (Lipinski definition) is 0. The van der Waals surface area contributed by atoms with Crippen LogP contribution in [0.25, 0.3) is 0 Å². The van der Waals surface area contributed by atoms with Crippen LogP contribution >= 0.6 is 15.9 Å². The van der Waals surface area contributed by atoms with E-state index >= 15 is 0 Å². The normalized spacial score (nSPS) is 11.4. The second-order valence-corrected chi connectivity index (χ2v) is 8.48. The van der Waals surface area contributed by atoms with E-state index in [1.807, 2.05) is 0 Å². The molecule has 0 saturated carbocycles. The van der Waals surface area contributed by atoms with Crippen molar-refractivity contribution >= 4 is 22.0 Å². The molecule has 0 aliphatic heterocycles. The maximum absolute atomic E-state index is 13.7. The molecule has 3 rings (SSSR count). The molecule has 31 heavy (non-hydrogen) atoms. The average Bonchev–Trinajstić information content (AvgIpc) is 3.14. The lowest BCUT2D eigenvalue weighted by atomic mass is 10.2. The molecule has 0 aliphatic carbocycles. The molecule has 0 radical (unpaired) electrons. The van der Waals surface area contributed by atoms with Crippen LogP contribution in [0, 0.1) is 11.6 Å². The van der Waals surface area contributed by atoms with Gasteiger partial charge in [0.25, 0.3) is 5.56 Å². The molecule has 0 atom stereocenters. The topological polar surface area (TPSA) is 75.3 Å². The Balaban J connectivity index is 1.71. The molecule has 164 valence electrons. The van der Waals surface area contributed by atoms with E-state index in [4.69, 9.17) is 9.47 Å². The number of hydrogen-bond acceptors (Lipinski definition) is 5. The smallest absolute Gasteiger partial charge is 0.435 e. The standard InChI is InChI=1S/C21H20BrF2N3O4/c1-21(2,3)31-20(29)27-9-6-15(25-27)11-26-8-7-17(18(22)19(26)28)30-12-13-4-5-14(23)10-16(13)24/h4-10H,11-12H2,1-3H3. The van der Waals surface area contributed by atoms with Gasteiger partial charge in [0.05, 0.1) is 12.2 Å². The van der Waals surface area contributed by atoms with Crippen LogP contribution in [0.3, 0.4) is 0 Å². The van der Waals surface area contributed by atoms with Gasteiger partial charge in [-0.2, -0.15) is 9.78 Å². The number of ether oxygens (including phenoxy) is 2. The quantitative estimate of drug-likeness (QED) is 0.520. The second-order valence-electron chi connectivity index (χ2n) is 7.68. The van der Waals surface area contributed by atoms with E-state index in [-0.39, 0.29) is 28.9 Å². The molecule has 1 aromatic carbocycles. The fourth-order valence-electron chi connectivity index (χ4n) is 2.59. The third kappa shape index (κ3) is 5.78. The summed E-state index contributed by atoms with van der Waals surface area (Å²) < 4.78 is 40.1. The van der Waals surface area contributed by atoms with Gasteiger partial charge < -0.3 is 14.0 Å². The lowest BCUT2D eigenvalue weighted by molar-refractivity contribution is 0.0513. The first-order valence-electron chi connectivity index (χ1n) is 9.27. The van der Waals surface area contributed by atoms with Crippen molar-refractivity contribution in [3.8, 4) is 5.75 Å². The number of pyridine rings is 1. The van der Waals surface area contributed by atoms with Crippen molar-refractivity contribution in [2.45, 2.75) is 39.5 Å². The molecule has 0 bridgehead atoms. The zero-order valence-electron chi connectivity index (χ0n) is 17.1. The van der Waals surface area contributed by atoms with Crippen molar-refractivity contribution < 1.29 is 23.0 Å². The summed E-state index contributed by atoms with van der Waals surface area (Å²) in [6.45, 7) is 5.19. The zero-order chi connectivity index (χ0) is 22.8. The Morgan fingerprint density at radius 2 is 1.90 bits per heavy atom. The van der Waals surface area contributed by atoms with Crippen LogP contribution in [0.2, 0.25) is 0 Å². The Morgan fingerprint density at radius 1 is 1.16 bits per heavy atom. The summed E-state index contributed by atoms with van der Waals surface area (Å²) in [5.74, 6) is -1.20. The highest BCUT2D eigenvalue weighted by Crippen LogP contribution is 2.22. The van der Waals surface area contributed by atoms with Crippen LogP contribution in [0.1, 0.15) is 32.0 Å². The molecule has 0 spiro atoms. The van der Waals surface area contributed by atoms with Crippen molar-refractivity contribution in [2.24, 2.45) is 0 Å². The molecule has 2 aromatic heterocycles. The summed E-state index contributed by atoms with van der Waals surface area (Å²) in [6.07, 6.45) is 2.33. The molecule has 0 saturated heterocycles. The van der Waals surface area contributed by atoms with Crippen LogP contribution in [0.5, 0.6) is 5.75 Å². The van der Waals surface area contributed by atoms with Gasteiger partial charge in [0.2, 0.25) is 0 Å². The van der Waals surface area contributed by atoms with Gasteiger partial charge in [-0.3, -0.25) is 4.79 Å². The fourth-order valence-corrected chi connectivity index (χ4v) is 3.07. The number of rotatable bonds is 5. The van der Waals surface area contributed by atoms with E-state index in [1.54, 1.807) is 26.8 Å². The third-order valence-corrected chi connectivity index (χ3v) is 4.76. The SMILES string of the molecule is CC(C)(C)OC(=O)n1ccc(Cn2ccc(OCc3ccc(F)cc3F)c(Br)c2=O)n1. The summed E-state index contributed by atoms with van der Waals surface area (Å²) in [5, 5.41) is 4.14. The summed E-state index contributed by atoms with van der Waals surface area (Å²) in [7, 11) is 0. The minimum Gasteiger partial charge on any atom is -0.487 e. The maximum Gasteiger partial charge on any atom is 0.435 e. The van der Waals surface area contributed by atoms with Gasteiger partial charge in [-0.1, -0.05) is 0 Å². The van der Waals surface area contributed by atoms with E-state index < -0.39 is 28.9 Å². The predicted octanol–water partition coefficient (Wildman–Crippen LogP) is 4.50. The van der Waals surface area contributed by atoms with Gasteiger partial charge in [0.15, 0.2) is 0 Å². The number of nitrogens with zero attached hydrogens (tertiary/aromatic N) is 3. The van der Waals surface area contributed by atoms with E-state index in [9.17, 15) is 18.4 Å². The van der Waals surface area contributed by atoms with Crippen molar-refractivity contribution in [2.75, 3.05) is 0 Å². The fraction of sp³-hybridized carbons (Fsp3) is 0.286. The van der Waals surface area contributed by atoms with Gasteiger partial charge in [-0.25, -0.2) is 13.6 Å². The molecule has 0 fully saturated rings. The van der Waals surface area contributed by atoms with E-state index in [1.165, 1.54) is 29.1 Å².